The topological polar surface area (TPSA) is 80.1 Å². The second kappa shape index (κ2) is 8.34. The van der Waals surface area contributed by atoms with Gasteiger partial charge in [0.15, 0.2) is 5.82 Å². The lowest BCUT2D eigenvalue weighted by molar-refractivity contribution is -0.122. The summed E-state index contributed by atoms with van der Waals surface area (Å²) in [5.74, 6) is 1.35. The van der Waals surface area contributed by atoms with Crippen LogP contribution < -0.4 is 10.2 Å². The van der Waals surface area contributed by atoms with Crippen molar-refractivity contribution in [3.8, 4) is 11.4 Å². The lowest BCUT2D eigenvalue weighted by Crippen LogP contribution is -2.28. The molecule has 1 saturated heterocycles. The van der Waals surface area contributed by atoms with E-state index in [9.17, 15) is 9.59 Å². The van der Waals surface area contributed by atoms with Gasteiger partial charge in [-0.05, 0) is 37.1 Å². The van der Waals surface area contributed by atoms with Crippen molar-refractivity contribution < 1.29 is 9.59 Å². The van der Waals surface area contributed by atoms with Gasteiger partial charge < -0.3 is 14.8 Å². The third-order valence-corrected chi connectivity index (χ3v) is 6.06. The molecule has 0 aliphatic carbocycles. The molecule has 7 heteroatoms. The van der Waals surface area contributed by atoms with E-state index in [4.69, 9.17) is 0 Å². The second-order valence-electron chi connectivity index (χ2n) is 8.21. The zero-order chi connectivity index (χ0) is 21.2. The maximum atomic E-state index is 12.9. The number of anilines is 2. The van der Waals surface area contributed by atoms with Crippen molar-refractivity contribution in [3.05, 3.63) is 60.4 Å². The first-order chi connectivity index (χ1) is 15.2. The minimum atomic E-state index is -0.374. The molecule has 7 nitrogen and oxygen atoms in total. The number of fused-ring (bicyclic) bond motifs is 1. The molecule has 1 N–H and O–H groups in total. The molecular formula is C24H25N5O2. The van der Waals surface area contributed by atoms with Crippen molar-refractivity contribution in [1.82, 2.24) is 14.8 Å². The van der Waals surface area contributed by atoms with Crippen LogP contribution >= 0.6 is 0 Å². The van der Waals surface area contributed by atoms with Crippen LogP contribution in [0.2, 0.25) is 0 Å². The summed E-state index contributed by atoms with van der Waals surface area (Å²) >= 11 is 0. The molecule has 1 aromatic heterocycles. The second-order valence-corrected chi connectivity index (χ2v) is 8.21. The van der Waals surface area contributed by atoms with Crippen LogP contribution in [0.5, 0.6) is 0 Å². The van der Waals surface area contributed by atoms with Gasteiger partial charge in [0.05, 0.1) is 5.92 Å². The molecule has 2 aliphatic heterocycles. The summed E-state index contributed by atoms with van der Waals surface area (Å²) in [6.45, 7) is 1.32. The Morgan fingerprint density at radius 3 is 2.74 bits per heavy atom. The Morgan fingerprint density at radius 2 is 1.87 bits per heavy atom. The SMILES string of the molecule is O=C(Nc1cccc(-c2nnc3n2CCCCC3)c1)C1CC(=O)N(c2ccccc2)C1. The van der Waals surface area contributed by atoms with Crippen molar-refractivity contribution in [2.24, 2.45) is 5.92 Å². The number of nitrogens with one attached hydrogen (secondary N) is 1. The normalized spacial score (nSPS) is 18.5. The summed E-state index contributed by atoms with van der Waals surface area (Å²) in [6.07, 6.45) is 4.66. The van der Waals surface area contributed by atoms with Crippen LogP contribution in [-0.4, -0.2) is 33.1 Å². The Balaban J connectivity index is 1.31. The zero-order valence-corrected chi connectivity index (χ0v) is 17.3. The van der Waals surface area contributed by atoms with E-state index < -0.39 is 0 Å². The summed E-state index contributed by atoms with van der Waals surface area (Å²) in [6, 6.07) is 17.2. The predicted molar refractivity (Wildman–Crippen MR) is 119 cm³/mol. The molecule has 2 aliphatic rings. The molecule has 158 valence electrons. The van der Waals surface area contributed by atoms with E-state index in [2.05, 4.69) is 20.1 Å². The highest BCUT2D eigenvalue weighted by atomic mass is 16.2. The maximum absolute atomic E-state index is 12.9. The molecule has 0 spiro atoms. The fourth-order valence-electron chi connectivity index (χ4n) is 4.42. The minimum absolute atomic E-state index is 0.0220. The monoisotopic (exact) mass is 415 g/mol. The molecule has 2 aromatic carbocycles. The van der Waals surface area contributed by atoms with Gasteiger partial charge in [-0.3, -0.25) is 9.59 Å². The molecule has 1 unspecified atom stereocenters. The number of nitrogens with zero attached hydrogens (tertiary/aromatic N) is 4. The summed E-state index contributed by atoms with van der Waals surface area (Å²) in [7, 11) is 0. The van der Waals surface area contributed by atoms with Gasteiger partial charge in [0.1, 0.15) is 5.82 Å². The first kappa shape index (κ1) is 19.5. The van der Waals surface area contributed by atoms with Crippen LogP contribution in [0.3, 0.4) is 0 Å². The molecule has 3 aromatic rings. The van der Waals surface area contributed by atoms with Crippen molar-refractivity contribution in [1.29, 1.82) is 0 Å². The molecule has 31 heavy (non-hydrogen) atoms. The fourth-order valence-corrected chi connectivity index (χ4v) is 4.42. The number of rotatable bonds is 4. The van der Waals surface area contributed by atoms with Crippen molar-refractivity contribution in [2.45, 2.75) is 38.6 Å². The van der Waals surface area contributed by atoms with E-state index in [1.54, 1.807) is 4.90 Å². The van der Waals surface area contributed by atoms with Gasteiger partial charge in [-0.1, -0.05) is 36.8 Å². The van der Waals surface area contributed by atoms with E-state index in [0.29, 0.717) is 12.2 Å². The first-order valence-corrected chi connectivity index (χ1v) is 10.9. The summed E-state index contributed by atoms with van der Waals surface area (Å²) in [4.78, 5) is 27.0. The molecule has 0 saturated carbocycles. The number of carbonyl (C=O) groups is 2. The Bertz CT molecular complexity index is 1110. The molecule has 5 rings (SSSR count). The lowest BCUT2D eigenvalue weighted by Gasteiger charge is -2.16. The average Bonchev–Trinajstić information content (AvgIpc) is 3.30. The summed E-state index contributed by atoms with van der Waals surface area (Å²) in [5, 5.41) is 11.8. The van der Waals surface area contributed by atoms with Crippen LogP contribution in [0.15, 0.2) is 54.6 Å². The van der Waals surface area contributed by atoms with E-state index in [1.165, 1.54) is 6.42 Å². The van der Waals surface area contributed by atoms with Crippen LogP contribution in [0, 0.1) is 5.92 Å². The van der Waals surface area contributed by atoms with Crippen LogP contribution in [-0.2, 0) is 22.6 Å². The standard InChI is InChI=1S/C24H25N5O2/c30-22-15-18(16-29(22)20-10-3-1-4-11-20)24(31)25-19-9-7-8-17(14-19)23-27-26-21-12-5-2-6-13-28(21)23/h1,3-4,7-11,14,18H,2,5-6,12-13,15-16H2,(H,25,31). The van der Waals surface area contributed by atoms with Gasteiger partial charge in [-0.15, -0.1) is 10.2 Å². The third-order valence-electron chi connectivity index (χ3n) is 6.06. The largest absolute Gasteiger partial charge is 0.326 e. The average molecular weight is 415 g/mol. The maximum Gasteiger partial charge on any atom is 0.229 e. The predicted octanol–water partition coefficient (Wildman–Crippen LogP) is 3.66. The minimum Gasteiger partial charge on any atom is -0.326 e. The van der Waals surface area contributed by atoms with E-state index in [-0.39, 0.29) is 24.2 Å². The zero-order valence-electron chi connectivity index (χ0n) is 17.3. The number of benzene rings is 2. The van der Waals surface area contributed by atoms with Crippen LogP contribution in [0.25, 0.3) is 11.4 Å². The van der Waals surface area contributed by atoms with E-state index in [1.807, 2.05) is 54.6 Å². The van der Waals surface area contributed by atoms with Gasteiger partial charge in [0.2, 0.25) is 11.8 Å². The van der Waals surface area contributed by atoms with Crippen LogP contribution in [0.1, 0.15) is 31.5 Å². The third kappa shape index (κ3) is 3.95. The molecule has 0 bridgehead atoms. The number of para-hydroxylation sites is 1. The number of hydrogen-bond acceptors (Lipinski definition) is 4. The first-order valence-electron chi connectivity index (χ1n) is 10.9. The fraction of sp³-hybridized carbons (Fsp3) is 0.333. The van der Waals surface area contributed by atoms with Gasteiger partial charge in [0, 0.05) is 42.9 Å². The van der Waals surface area contributed by atoms with Crippen molar-refractivity contribution >= 4 is 23.2 Å². The van der Waals surface area contributed by atoms with E-state index in [0.717, 1.165) is 48.7 Å². The molecule has 1 fully saturated rings. The van der Waals surface area contributed by atoms with Gasteiger partial charge in [-0.25, -0.2) is 0 Å². The Morgan fingerprint density at radius 1 is 1.00 bits per heavy atom. The molecule has 1 atom stereocenters. The smallest absolute Gasteiger partial charge is 0.229 e. The highest BCUT2D eigenvalue weighted by Crippen LogP contribution is 2.28. The Labute approximate surface area is 181 Å². The molecular weight excluding hydrogens is 390 g/mol. The number of aryl methyl sites for hydroxylation is 1. The van der Waals surface area contributed by atoms with Crippen molar-refractivity contribution in [2.75, 3.05) is 16.8 Å². The van der Waals surface area contributed by atoms with Gasteiger partial charge in [0.25, 0.3) is 0 Å². The molecule has 2 amide bonds. The van der Waals surface area contributed by atoms with Gasteiger partial charge >= 0.3 is 0 Å². The quantitative estimate of drug-likeness (QED) is 0.705. The summed E-state index contributed by atoms with van der Waals surface area (Å²) in [5.41, 5.74) is 2.48. The van der Waals surface area contributed by atoms with Gasteiger partial charge in [-0.2, -0.15) is 0 Å². The van der Waals surface area contributed by atoms with E-state index >= 15 is 0 Å². The molecule has 0 radical (unpaired) electrons. The number of carbonyl (C=O) groups excluding carboxylic acids is 2. The van der Waals surface area contributed by atoms with Crippen LogP contribution in [0.4, 0.5) is 11.4 Å². The Hall–Kier alpha value is -3.48. The van der Waals surface area contributed by atoms with Crippen molar-refractivity contribution in [3.63, 3.8) is 0 Å². The highest BCUT2D eigenvalue weighted by Gasteiger charge is 2.35. The Kier molecular flexibility index (Phi) is 5.24. The number of amides is 2. The summed E-state index contributed by atoms with van der Waals surface area (Å²) < 4.78 is 2.20. The number of hydrogen-bond donors (Lipinski definition) is 1. The lowest BCUT2D eigenvalue weighted by atomic mass is 10.1. The molecule has 3 heterocycles. The highest BCUT2D eigenvalue weighted by molar-refractivity contribution is 6.03. The number of aromatic nitrogens is 3.